The van der Waals surface area contributed by atoms with E-state index in [2.05, 4.69) is 36.4 Å². The molecule has 202 valence electrons. The lowest BCUT2D eigenvalue weighted by atomic mass is 9.62. The molecular weight excluding hydrogens is 487 g/mol. The number of fused-ring (bicyclic) bond motifs is 1. The Morgan fingerprint density at radius 1 is 0.821 bits per heavy atom. The van der Waals surface area contributed by atoms with Crippen LogP contribution in [0.2, 0.25) is 0 Å². The molecule has 0 bridgehead atoms. The molecule has 4 aromatic carbocycles. The fourth-order valence-corrected chi connectivity index (χ4v) is 6.56. The van der Waals surface area contributed by atoms with E-state index < -0.39 is 16.8 Å². The van der Waals surface area contributed by atoms with Gasteiger partial charge in [0.25, 0.3) is 0 Å². The number of hydrogen-bond acceptors (Lipinski definition) is 3. The fraction of sp³-hybridized carbons (Fsp3) is 0.314. The second-order valence-electron chi connectivity index (χ2n) is 10.8. The zero-order valence-corrected chi connectivity index (χ0v) is 22.9. The molecule has 2 atom stereocenters. The van der Waals surface area contributed by atoms with Crippen molar-refractivity contribution in [1.82, 2.24) is 0 Å². The third kappa shape index (κ3) is 4.61. The van der Waals surface area contributed by atoms with Gasteiger partial charge in [0.1, 0.15) is 22.6 Å². The molecule has 1 aliphatic rings. The summed E-state index contributed by atoms with van der Waals surface area (Å²) in [4.78, 5) is 0. The van der Waals surface area contributed by atoms with Crippen molar-refractivity contribution < 1.29 is 19.0 Å². The lowest BCUT2D eigenvalue weighted by molar-refractivity contribution is -0.218. The second kappa shape index (κ2) is 11.1. The van der Waals surface area contributed by atoms with Crippen molar-refractivity contribution >= 4 is 0 Å². The van der Waals surface area contributed by atoms with Crippen LogP contribution in [0.25, 0.3) is 0 Å². The maximum absolute atomic E-state index is 14.1. The van der Waals surface area contributed by atoms with Gasteiger partial charge in [-0.1, -0.05) is 111 Å². The first-order chi connectivity index (χ1) is 18.9. The topological polar surface area (TPSA) is 38.7 Å². The lowest BCUT2D eigenvalue weighted by Crippen LogP contribution is -2.59. The van der Waals surface area contributed by atoms with Crippen molar-refractivity contribution in [2.75, 3.05) is 13.7 Å². The Labute approximate surface area is 231 Å². The summed E-state index contributed by atoms with van der Waals surface area (Å²) in [5.41, 5.74) is 1.60. The zero-order chi connectivity index (χ0) is 27.5. The highest BCUT2D eigenvalue weighted by Gasteiger charge is 2.56. The normalized spacial score (nSPS) is 21.1. The average Bonchev–Trinajstić information content (AvgIpc) is 2.98. The van der Waals surface area contributed by atoms with Gasteiger partial charge in [0.05, 0.1) is 6.61 Å². The smallest absolute Gasteiger partial charge is 0.143 e. The van der Waals surface area contributed by atoms with Gasteiger partial charge in [0.2, 0.25) is 0 Å². The second-order valence-corrected chi connectivity index (χ2v) is 10.8. The molecular formula is C35H37FO3. The molecule has 0 spiro atoms. The number of halogens is 1. The quantitative estimate of drug-likeness (QED) is 0.232. The standard InChI is InChI=1S/C35H37FO3/c1-26(2)35(37)32-20-19-31(36)25-27(32)21-22-33(35,38-3)23-24-39-34(28-13-7-4-8-14-28,29-15-9-5-10-16-29)30-17-11-6-12-18-30/h4-20,25-26,37H,21-24H2,1-3H3/t33-,35-/m0/s1. The number of ether oxygens (including phenoxy) is 2. The van der Waals surface area contributed by atoms with Crippen LogP contribution < -0.4 is 0 Å². The Kier molecular flexibility index (Phi) is 7.73. The first kappa shape index (κ1) is 27.3. The molecule has 3 nitrogen and oxygen atoms in total. The lowest BCUT2D eigenvalue weighted by Gasteiger charge is -2.53. The monoisotopic (exact) mass is 524 g/mol. The van der Waals surface area contributed by atoms with E-state index >= 15 is 0 Å². The SMILES string of the molecule is CO[C@]1(CCOC(c2ccccc2)(c2ccccc2)c2ccccc2)CCc2cc(F)ccc2[C@@]1(O)C(C)C. The van der Waals surface area contributed by atoms with Gasteiger partial charge in [0, 0.05) is 13.5 Å². The van der Waals surface area contributed by atoms with Gasteiger partial charge < -0.3 is 14.6 Å². The number of aryl methyl sites for hydroxylation is 1. The molecule has 0 fully saturated rings. The van der Waals surface area contributed by atoms with Gasteiger partial charge in [-0.05, 0) is 58.7 Å². The van der Waals surface area contributed by atoms with E-state index in [-0.39, 0.29) is 11.7 Å². The molecule has 4 aromatic rings. The molecule has 0 saturated carbocycles. The number of rotatable bonds is 9. The highest BCUT2D eigenvalue weighted by atomic mass is 19.1. The number of aliphatic hydroxyl groups is 1. The van der Waals surface area contributed by atoms with Crippen LogP contribution in [0.3, 0.4) is 0 Å². The first-order valence-electron chi connectivity index (χ1n) is 13.7. The minimum atomic E-state index is -1.30. The molecule has 0 amide bonds. The molecule has 5 rings (SSSR count). The first-order valence-corrected chi connectivity index (χ1v) is 13.7. The highest BCUT2D eigenvalue weighted by molar-refractivity contribution is 5.47. The van der Waals surface area contributed by atoms with Gasteiger partial charge in [-0.3, -0.25) is 0 Å². The van der Waals surface area contributed by atoms with Gasteiger partial charge >= 0.3 is 0 Å². The summed E-state index contributed by atoms with van der Waals surface area (Å²) in [6, 6.07) is 35.5. The molecule has 0 heterocycles. The molecule has 0 aromatic heterocycles. The molecule has 39 heavy (non-hydrogen) atoms. The summed E-state index contributed by atoms with van der Waals surface area (Å²) in [7, 11) is 1.67. The highest BCUT2D eigenvalue weighted by Crippen LogP contribution is 2.51. The Bertz CT molecular complexity index is 1280. The van der Waals surface area contributed by atoms with E-state index in [1.54, 1.807) is 19.2 Å². The van der Waals surface area contributed by atoms with Crippen LogP contribution in [-0.2, 0) is 27.1 Å². The number of benzene rings is 4. The molecule has 1 N–H and O–H groups in total. The van der Waals surface area contributed by atoms with E-state index in [9.17, 15) is 9.50 Å². The average molecular weight is 525 g/mol. The van der Waals surface area contributed by atoms with Gasteiger partial charge in [0.15, 0.2) is 0 Å². The maximum atomic E-state index is 14.1. The van der Waals surface area contributed by atoms with E-state index in [1.165, 1.54) is 6.07 Å². The minimum absolute atomic E-state index is 0.163. The van der Waals surface area contributed by atoms with E-state index in [0.717, 1.165) is 27.8 Å². The van der Waals surface area contributed by atoms with E-state index in [4.69, 9.17) is 9.47 Å². The third-order valence-electron chi connectivity index (χ3n) is 8.56. The summed E-state index contributed by atoms with van der Waals surface area (Å²) in [5, 5.41) is 12.4. The van der Waals surface area contributed by atoms with Crippen LogP contribution in [0.5, 0.6) is 0 Å². The van der Waals surface area contributed by atoms with Crippen LogP contribution in [0.15, 0.2) is 109 Å². The summed E-state index contributed by atoms with van der Waals surface area (Å²) < 4.78 is 27.4. The number of hydrogen-bond donors (Lipinski definition) is 1. The molecule has 4 heteroatoms. The van der Waals surface area contributed by atoms with Crippen molar-refractivity contribution in [2.45, 2.75) is 49.9 Å². The van der Waals surface area contributed by atoms with Crippen LogP contribution in [0.4, 0.5) is 4.39 Å². The Morgan fingerprint density at radius 2 is 1.33 bits per heavy atom. The Hall–Kier alpha value is -3.31. The van der Waals surface area contributed by atoms with Crippen LogP contribution in [-0.4, -0.2) is 24.4 Å². The summed E-state index contributed by atoms with van der Waals surface area (Å²) >= 11 is 0. The Morgan fingerprint density at radius 3 is 1.79 bits per heavy atom. The van der Waals surface area contributed by atoms with E-state index in [0.29, 0.717) is 25.9 Å². The molecule has 1 aliphatic carbocycles. The molecule has 0 unspecified atom stereocenters. The van der Waals surface area contributed by atoms with Crippen molar-refractivity contribution in [3.8, 4) is 0 Å². The predicted molar refractivity (Wildman–Crippen MR) is 153 cm³/mol. The largest absolute Gasteiger partial charge is 0.382 e. The molecule has 0 saturated heterocycles. The van der Waals surface area contributed by atoms with Crippen molar-refractivity contribution in [3.05, 3.63) is 143 Å². The molecule has 0 aliphatic heterocycles. The Balaban J connectivity index is 1.57. The minimum Gasteiger partial charge on any atom is -0.382 e. The van der Waals surface area contributed by atoms with Gasteiger partial charge in [-0.25, -0.2) is 4.39 Å². The molecule has 0 radical (unpaired) electrons. The van der Waals surface area contributed by atoms with Gasteiger partial charge in [-0.15, -0.1) is 0 Å². The zero-order valence-electron chi connectivity index (χ0n) is 22.9. The van der Waals surface area contributed by atoms with Crippen LogP contribution in [0.1, 0.15) is 54.5 Å². The van der Waals surface area contributed by atoms with Gasteiger partial charge in [-0.2, -0.15) is 0 Å². The maximum Gasteiger partial charge on any atom is 0.143 e. The summed E-state index contributed by atoms with van der Waals surface area (Å²) in [6.45, 7) is 4.32. The predicted octanol–water partition coefficient (Wildman–Crippen LogP) is 7.40. The fourth-order valence-electron chi connectivity index (χ4n) is 6.56. The third-order valence-corrected chi connectivity index (χ3v) is 8.56. The summed E-state index contributed by atoms with van der Waals surface area (Å²) in [5.74, 6) is -0.449. The van der Waals surface area contributed by atoms with Crippen molar-refractivity contribution in [3.63, 3.8) is 0 Å². The number of methoxy groups -OCH3 is 1. The van der Waals surface area contributed by atoms with Crippen LogP contribution in [0, 0.1) is 11.7 Å². The van der Waals surface area contributed by atoms with Crippen molar-refractivity contribution in [1.29, 1.82) is 0 Å². The summed E-state index contributed by atoms with van der Waals surface area (Å²) in [6.07, 6.45) is 1.65. The van der Waals surface area contributed by atoms with E-state index in [1.807, 2.05) is 68.4 Å². The van der Waals surface area contributed by atoms with Crippen LogP contribution >= 0.6 is 0 Å². The van der Waals surface area contributed by atoms with Crippen molar-refractivity contribution in [2.24, 2.45) is 5.92 Å².